The summed E-state index contributed by atoms with van der Waals surface area (Å²) in [5.41, 5.74) is 1.39. The van der Waals surface area contributed by atoms with Crippen LogP contribution in [-0.4, -0.2) is 60.9 Å². The Hall–Kier alpha value is -3.03. The number of nitrogens with one attached hydrogen (secondary N) is 1. The summed E-state index contributed by atoms with van der Waals surface area (Å²) in [6, 6.07) is 7.68. The molecule has 0 aliphatic rings. The van der Waals surface area contributed by atoms with Crippen LogP contribution in [0.15, 0.2) is 30.5 Å². The van der Waals surface area contributed by atoms with Gasteiger partial charge in [-0.25, -0.2) is 0 Å². The molecule has 2 rings (SSSR count). The van der Waals surface area contributed by atoms with Crippen molar-refractivity contribution >= 4 is 11.8 Å². The Morgan fingerprint density at radius 2 is 2.04 bits per heavy atom. The van der Waals surface area contributed by atoms with Gasteiger partial charge in [-0.3, -0.25) is 14.3 Å². The van der Waals surface area contributed by atoms with Crippen LogP contribution in [0.2, 0.25) is 0 Å². The number of nitrogens with zero attached hydrogens (tertiary/aromatic N) is 3. The maximum Gasteiger partial charge on any atom is 0.261 e. The summed E-state index contributed by atoms with van der Waals surface area (Å²) in [6.07, 6.45) is 2.25. The number of amides is 2. The molecule has 1 N–H and O–H groups in total. The number of rotatable bonds is 8. The molecule has 0 saturated carbocycles. The quantitative estimate of drug-likeness (QED) is 0.755. The molecular formula is C18H24N4O4. The third-order valence-corrected chi connectivity index (χ3v) is 3.82. The van der Waals surface area contributed by atoms with Crippen molar-refractivity contribution in [2.45, 2.75) is 6.42 Å². The lowest BCUT2D eigenvalue weighted by Gasteiger charge is -2.16. The van der Waals surface area contributed by atoms with Crippen molar-refractivity contribution < 1.29 is 19.1 Å². The van der Waals surface area contributed by atoms with E-state index in [1.54, 1.807) is 27.4 Å². The lowest BCUT2D eigenvalue weighted by atomic mass is 10.1. The molecule has 0 spiro atoms. The molecule has 0 aliphatic heterocycles. The third-order valence-electron chi connectivity index (χ3n) is 3.82. The fraction of sp³-hybridized carbons (Fsp3) is 0.389. The molecule has 1 aromatic heterocycles. The number of benzene rings is 1. The third kappa shape index (κ3) is 4.98. The number of ether oxygens (including phenoxy) is 2. The SMILES string of the molecule is COc1cccc(CCNC(=O)CN(C)C(=O)c2cn(C)nc2OC)c1. The number of hydrogen-bond donors (Lipinski definition) is 1. The molecule has 0 radical (unpaired) electrons. The van der Waals surface area contributed by atoms with Crippen LogP contribution in [0.5, 0.6) is 11.6 Å². The highest BCUT2D eigenvalue weighted by atomic mass is 16.5. The average molecular weight is 360 g/mol. The smallest absolute Gasteiger partial charge is 0.261 e. The fourth-order valence-electron chi connectivity index (χ4n) is 2.49. The molecule has 1 aromatic carbocycles. The van der Waals surface area contributed by atoms with Crippen LogP contribution in [0, 0.1) is 0 Å². The molecule has 8 nitrogen and oxygen atoms in total. The largest absolute Gasteiger partial charge is 0.497 e. The predicted octanol–water partition coefficient (Wildman–Crippen LogP) is 0.868. The van der Waals surface area contributed by atoms with Gasteiger partial charge < -0.3 is 19.7 Å². The van der Waals surface area contributed by atoms with E-state index in [9.17, 15) is 9.59 Å². The maximum absolute atomic E-state index is 12.4. The number of methoxy groups -OCH3 is 2. The van der Waals surface area contributed by atoms with Gasteiger partial charge in [0, 0.05) is 26.8 Å². The molecule has 2 amide bonds. The summed E-state index contributed by atoms with van der Waals surface area (Å²) >= 11 is 0. The summed E-state index contributed by atoms with van der Waals surface area (Å²) in [5, 5.41) is 6.86. The Bertz CT molecular complexity index is 772. The number of hydrogen-bond acceptors (Lipinski definition) is 5. The van der Waals surface area contributed by atoms with E-state index >= 15 is 0 Å². The lowest BCUT2D eigenvalue weighted by Crippen LogP contribution is -2.39. The zero-order valence-electron chi connectivity index (χ0n) is 15.5. The van der Waals surface area contributed by atoms with Gasteiger partial charge in [-0.2, -0.15) is 0 Å². The van der Waals surface area contributed by atoms with Crippen molar-refractivity contribution in [2.24, 2.45) is 7.05 Å². The first-order chi connectivity index (χ1) is 12.4. The average Bonchev–Trinajstić information content (AvgIpc) is 3.02. The van der Waals surface area contributed by atoms with E-state index in [2.05, 4.69) is 10.4 Å². The molecule has 1 heterocycles. The normalized spacial score (nSPS) is 10.3. The van der Waals surface area contributed by atoms with Crippen LogP contribution in [0.4, 0.5) is 0 Å². The summed E-state index contributed by atoms with van der Waals surface area (Å²) in [7, 11) is 6.33. The van der Waals surface area contributed by atoms with Gasteiger partial charge in [0.05, 0.1) is 20.8 Å². The number of carbonyl (C=O) groups excluding carboxylic acids is 2. The van der Waals surface area contributed by atoms with Crippen LogP contribution < -0.4 is 14.8 Å². The van der Waals surface area contributed by atoms with Crippen LogP contribution in [0.25, 0.3) is 0 Å². The van der Waals surface area contributed by atoms with Crippen molar-refractivity contribution in [1.29, 1.82) is 0 Å². The van der Waals surface area contributed by atoms with Gasteiger partial charge in [0.15, 0.2) is 0 Å². The highest BCUT2D eigenvalue weighted by Crippen LogP contribution is 2.16. The highest BCUT2D eigenvalue weighted by Gasteiger charge is 2.21. The number of likely N-dealkylation sites (N-methyl/N-ethyl adjacent to an activating group) is 1. The van der Waals surface area contributed by atoms with E-state index < -0.39 is 0 Å². The van der Waals surface area contributed by atoms with Crippen molar-refractivity contribution in [3.8, 4) is 11.6 Å². The molecule has 0 bridgehead atoms. The second-order valence-electron chi connectivity index (χ2n) is 5.84. The van der Waals surface area contributed by atoms with Gasteiger partial charge in [-0.15, -0.1) is 5.10 Å². The van der Waals surface area contributed by atoms with Gasteiger partial charge in [-0.1, -0.05) is 12.1 Å². The molecule has 26 heavy (non-hydrogen) atoms. The standard InChI is InChI=1S/C18H24N4O4/c1-21(18(24)15-11-22(2)20-17(15)26-4)12-16(23)19-9-8-13-6-5-7-14(10-13)25-3/h5-7,10-11H,8-9,12H2,1-4H3,(H,19,23). The van der Waals surface area contributed by atoms with E-state index in [1.165, 1.54) is 16.7 Å². The van der Waals surface area contributed by atoms with Crippen molar-refractivity contribution in [3.05, 3.63) is 41.6 Å². The minimum absolute atomic E-state index is 0.0466. The van der Waals surface area contributed by atoms with E-state index in [0.717, 1.165) is 11.3 Å². The molecule has 8 heteroatoms. The van der Waals surface area contributed by atoms with Gasteiger partial charge in [0.25, 0.3) is 5.91 Å². The van der Waals surface area contributed by atoms with Crippen LogP contribution in [-0.2, 0) is 18.3 Å². The summed E-state index contributed by atoms with van der Waals surface area (Å²) < 4.78 is 11.8. The Morgan fingerprint density at radius 3 is 2.73 bits per heavy atom. The topological polar surface area (TPSA) is 85.7 Å². The van der Waals surface area contributed by atoms with Gasteiger partial charge >= 0.3 is 0 Å². The molecule has 0 fully saturated rings. The first-order valence-electron chi connectivity index (χ1n) is 8.17. The molecule has 140 valence electrons. The molecule has 2 aromatic rings. The second kappa shape index (κ2) is 8.89. The minimum Gasteiger partial charge on any atom is -0.497 e. The summed E-state index contributed by atoms with van der Waals surface area (Å²) in [4.78, 5) is 25.9. The zero-order chi connectivity index (χ0) is 19.1. The van der Waals surface area contributed by atoms with Gasteiger partial charge in [0.2, 0.25) is 11.8 Å². The highest BCUT2D eigenvalue weighted by molar-refractivity contribution is 5.98. The van der Waals surface area contributed by atoms with E-state index in [1.807, 2.05) is 24.3 Å². The van der Waals surface area contributed by atoms with Gasteiger partial charge in [0.1, 0.15) is 11.3 Å². The monoisotopic (exact) mass is 360 g/mol. The van der Waals surface area contributed by atoms with Crippen molar-refractivity contribution in [3.63, 3.8) is 0 Å². The first kappa shape index (κ1) is 19.3. The Labute approximate surface area is 152 Å². The molecule has 0 atom stereocenters. The van der Waals surface area contributed by atoms with E-state index in [0.29, 0.717) is 18.5 Å². The first-order valence-corrected chi connectivity index (χ1v) is 8.17. The molecule has 0 unspecified atom stereocenters. The summed E-state index contributed by atoms with van der Waals surface area (Å²) in [5.74, 6) is 0.469. The van der Waals surface area contributed by atoms with Crippen molar-refractivity contribution in [1.82, 2.24) is 20.0 Å². The van der Waals surface area contributed by atoms with Crippen LogP contribution >= 0.6 is 0 Å². The second-order valence-corrected chi connectivity index (χ2v) is 5.84. The molecule has 0 aliphatic carbocycles. The lowest BCUT2D eigenvalue weighted by molar-refractivity contribution is -0.121. The number of aryl methyl sites for hydroxylation is 1. The number of carbonyl (C=O) groups is 2. The predicted molar refractivity (Wildman–Crippen MR) is 96.4 cm³/mol. The maximum atomic E-state index is 12.4. The van der Waals surface area contributed by atoms with Crippen LogP contribution in [0.1, 0.15) is 15.9 Å². The van der Waals surface area contributed by atoms with E-state index in [-0.39, 0.29) is 24.2 Å². The Balaban J connectivity index is 1.83. The Morgan fingerprint density at radius 1 is 1.27 bits per heavy atom. The van der Waals surface area contributed by atoms with E-state index in [4.69, 9.17) is 9.47 Å². The molecule has 0 saturated heterocycles. The number of aromatic nitrogens is 2. The Kier molecular flexibility index (Phi) is 6.60. The zero-order valence-corrected chi connectivity index (χ0v) is 15.5. The van der Waals surface area contributed by atoms with Crippen LogP contribution in [0.3, 0.4) is 0 Å². The van der Waals surface area contributed by atoms with Crippen molar-refractivity contribution in [2.75, 3.05) is 34.4 Å². The minimum atomic E-state index is -0.321. The molecular weight excluding hydrogens is 336 g/mol. The summed E-state index contributed by atoms with van der Waals surface area (Å²) in [6.45, 7) is 0.430. The fourth-order valence-corrected chi connectivity index (χ4v) is 2.49. The van der Waals surface area contributed by atoms with Gasteiger partial charge in [-0.05, 0) is 24.1 Å².